The first-order valence-corrected chi connectivity index (χ1v) is 7.69. The van der Waals surface area contributed by atoms with Gasteiger partial charge in [0, 0.05) is 11.9 Å². The Morgan fingerprint density at radius 3 is 3.14 bits per heavy atom. The van der Waals surface area contributed by atoms with E-state index in [9.17, 15) is 0 Å². The van der Waals surface area contributed by atoms with Crippen LogP contribution in [-0.2, 0) is 6.54 Å². The standard InChI is InChI=1S/C16H14N4S/c1-11-14(20-7-3-2-4-16(20)19-11)9-17-12-5-6-13-15(8-12)21-10-18-13/h2-8,10,17H,9H2,1H3. The summed E-state index contributed by atoms with van der Waals surface area (Å²) in [5.41, 5.74) is 7.28. The van der Waals surface area contributed by atoms with Gasteiger partial charge in [-0.2, -0.15) is 0 Å². The van der Waals surface area contributed by atoms with Crippen LogP contribution in [0.15, 0.2) is 48.1 Å². The predicted octanol–water partition coefficient (Wildman–Crippen LogP) is 3.86. The molecule has 1 aromatic carbocycles. The summed E-state index contributed by atoms with van der Waals surface area (Å²) in [5.74, 6) is 0. The summed E-state index contributed by atoms with van der Waals surface area (Å²) in [6.07, 6.45) is 2.05. The summed E-state index contributed by atoms with van der Waals surface area (Å²) >= 11 is 1.66. The maximum atomic E-state index is 4.58. The molecule has 4 nitrogen and oxygen atoms in total. The van der Waals surface area contributed by atoms with Gasteiger partial charge in [-0.05, 0) is 37.3 Å². The number of rotatable bonds is 3. The zero-order valence-electron chi connectivity index (χ0n) is 11.6. The van der Waals surface area contributed by atoms with Crippen LogP contribution in [0.2, 0.25) is 0 Å². The zero-order chi connectivity index (χ0) is 14.2. The monoisotopic (exact) mass is 294 g/mol. The first kappa shape index (κ1) is 12.3. The maximum Gasteiger partial charge on any atom is 0.137 e. The van der Waals surface area contributed by atoms with Crippen LogP contribution in [0.1, 0.15) is 11.4 Å². The van der Waals surface area contributed by atoms with Gasteiger partial charge in [0.05, 0.1) is 33.7 Å². The smallest absolute Gasteiger partial charge is 0.137 e. The molecule has 0 fully saturated rings. The van der Waals surface area contributed by atoms with Crippen molar-refractivity contribution >= 4 is 32.9 Å². The van der Waals surface area contributed by atoms with Gasteiger partial charge in [0.15, 0.2) is 0 Å². The van der Waals surface area contributed by atoms with E-state index in [0.29, 0.717) is 0 Å². The minimum Gasteiger partial charge on any atom is -0.379 e. The topological polar surface area (TPSA) is 42.2 Å². The quantitative estimate of drug-likeness (QED) is 0.624. The number of imidazole rings is 1. The predicted molar refractivity (Wildman–Crippen MR) is 86.9 cm³/mol. The molecule has 3 aromatic heterocycles. The van der Waals surface area contributed by atoms with E-state index in [2.05, 4.69) is 51.0 Å². The first-order chi connectivity index (χ1) is 10.3. The Labute approximate surface area is 126 Å². The molecule has 0 aliphatic rings. The molecule has 0 aliphatic heterocycles. The fourth-order valence-electron chi connectivity index (χ4n) is 2.53. The second-order valence-electron chi connectivity index (χ2n) is 4.96. The van der Waals surface area contributed by atoms with E-state index in [1.165, 1.54) is 10.4 Å². The third-order valence-corrected chi connectivity index (χ3v) is 4.41. The number of nitrogens with zero attached hydrogens (tertiary/aromatic N) is 3. The van der Waals surface area contributed by atoms with Crippen molar-refractivity contribution in [2.45, 2.75) is 13.5 Å². The van der Waals surface area contributed by atoms with E-state index < -0.39 is 0 Å². The second-order valence-corrected chi connectivity index (χ2v) is 5.85. The highest BCUT2D eigenvalue weighted by Gasteiger charge is 2.08. The van der Waals surface area contributed by atoms with Gasteiger partial charge >= 0.3 is 0 Å². The van der Waals surface area contributed by atoms with Crippen LogP contribution in [0.25, 0.3) is 15.9 Å². The largest absolute Gasteiger partial charge is 0.379 e. The highest BCUT2D eigenvalue weighted by atomic mass is 32.1. The fourth-order valence-corrected chi connectivity index (χ4v) is 3.24. The molecule has 104 valence electrons. The molecule has 4 rings (SSSR count). The van der Waals surface area contributed by atoms with Crippen molar-refractivity contribution in [2.75, 3.05) is 5.32 Å². The van der Waals surface area contributed by atoms with Gasteiger partial charge in [-0.25, -0.2) is 9.97 Å². The molecular weight excluding hydrogens is 280 g/mol. The number of nitrogens with one attached hydrogen (secondary N) is 1. The van der Waals surface area contributed by atoms with Gasteiger partial charge in [0.25, 0.3) is 0 Å². The number of aromatic nitrogens is 3. The van der Waals surface area contributed by atoms with Gasteiger partial charge in [-0.3, -0.25) is 0 Å². The van der Waals surface area contributed by atoms with Gasteiger partial charge in [-0.15, -0.1) is 11.3 Å². The number of pyridine rings is 1. The minimum absolute atomic E-state index is 0.751. The first-order valence-electron chi connectivity index (χ1n) is 6.81. The molecule has 0 saturated heterocycles. The lowest BCUT2D eigenvalue weighted by Crippen LogP contribution is -2.03. The van der Waals surface area contributed by atoms with E-state index >= 15 is 0 Å². The van der Waals surface area contributed by atoms with E-state index in [4.69, 9.17) is 0 Å². The molecule has 0 unspecified atom stereocenters. The van der Waals surface area contributed by atoms with Crippen molar-refractivity contribution in [1.29, 1.82) is 0 Å². The molecule has 1 N–H and O–H groups in total. The molecule has 21 heavy (non-hydrogen) atoms. The number of thiazole rings is 1. The van der Waals surface area contributed by atoms with Gasteiger partial charge < -0.3 is 9.72 Å². The van der Waals surface area contributed by atoms with Gasteiger partial charge in [0.2, 0.25) is 0 Å². The van der Waals surface area contributed by atoms with Crippen LogP contribution in [-0.4, -0.2) is 14.4 Å². The lowest BCUT2D eigenvalue weighted by molar-refractivity contribution is 0.987. The Balaban J connectivity index is 1.64. The average molecular weight is 294 g/mol. The third-order valence-electron chi connectivity index (χ3n) is 3.62. The molecule has 4 aromatic rings. The van der Waals surface area contributed by atoms with Crippen LogP contribution in [0, 0.1) is 6.92 Å². The highest BCUT2D eigenvalue weighted by molar-refractivity contribution is 7.16. The Hall–Kier alpha value is -2.40. The van der Waals surface area contributed by atoms with E-state index in [-0.39, 0.29) is 0 Å². The number of benzene rings is 1. The maximum absolute atomic E-state index is 4.58. The Bertz CT molecular complexity index is 922. The lowest BCUT2D eigenvalue weighted by Gasteiger charge is -2.07. The van der Waals surface area contributed by atoms with Crippen LogP contribution < -0.4 is 5.32 Å². The Morgan fingerprint density at radius 2 is 2.19 bits per heavy atom. The number of fused-ring (bicyclic) bond motifs is 2. The molecule has 0 spiro atoms. The summed E-state index contributed by atoms with van der Waals surface area (Å²) in [7, 11) is 0. The van der Waals surface area contributed by atoms with Crippen LogP contribution >= 0.6 is 11.3 Å². The van der Waals surface area contributed by atoms with Crippen molar-refractivity contribution in [3.63, 3.8) is 0 Å². The summed E-state index contributed by atoms with van der Waals surface area (Å²) in [5, 5.41) is 3.48. The van der Waals surface area contributed by atoms with Gasteiger partial charge in [0.1, 0.15) is 5.65 Å². The zero-order valence-corrected chi connectivity index (χ0v) is 12.4. The normalized spacial score (nSPS) is 11.3. The number of anilines is 1. The summed E-state index contributed by atoms with van der Waals surface area (Å²) in [6.45, 7) is 2.80. The Kier molecular flexibility index (Phi) is 2.86. The summed E-state index contributed by atoms with van der Waals surface area (Å²) in [4.78, 5) is 8.88. The molecule has 0 amide bonds. The molecule has 0 bridgehead atoms. The summed E-state index contributed by atoms with van der Waals surface area (Å²) < 4.78 is 3.34. The average Bonchev–Trinajstić information content (AvgIpc) is 3.08. The van der Waals surface area contributed by atoms with Crippen molar-refractivity contribution in [2.24, 2.45) is 0 Å². The highest BCUT2D eigenvalue weighted by Crippen LogP contribution is 2.22. The molecule has 5 heteroatoms. The molecule has 3 heterocycles. The van der Waals surface area contributed by atoms with Crippen molar-refractivity contribution in [1.82, 2.24) is 14.4 Å². The van der Waals surface area contributed by atoms with Crippen LogP contribution in [0.3, 0.4) is 0 Å². The number of hydrogen-bond donors (Lipinski definition) is 1. The summed E-state index contributed by atoms with van der Waals surface area (Å²) in [6, 6.07) is 12.3. The SMILES string of the molecule is Cc1nc2ccccn2c1CNc1ccc2ncsc2c1. The van der Waals surface area contributed by atoms with Crippen LogP contribution in [0.4, 0.5) is 5.69 Å². The fraction of sp³-hybridized carbons (Fsp3) is 0.125. The third kappa shape index (κ3) is 2.15. The Morgan fingerprint density at radius 1 is 1.24 bits per heavy atom. The number of aryl methyl sites for hydroxylation is 1. The van der Waals surface area contributed by atoms with Crippen molar-refractivity contribution in [3.8, 4) is 0 Å². The van der Waals surface area contributed by atoms with E-state index in [1.54, 1.807) is 11.3 Å². The van der Waals surface area contributed by atoms with Crippen LogP contribution in [0.5, 0.6) is 0 Å². The number of hydrogen-bond acceptors (Lipinski definition) is 4. The van der Waals surface area contributed by atoms with Crippen molar-refractivity contribution < 1.29 is 0 Å². The molecule has 0 aliphatic carbocycles. The second kappa shape index (κ2) is 4.86. The van der Waals surface area contributed by atoms with Crippen molar-refractivity contribution in [3.05, 3.63) is 59.5 Å². The van der Waals surface area contributed by atoms with Gasteiger partial charge in [-0.1, -0.05) is 6.07 Å². The molecule has 0 saturated carbocycles. The molecular formula is C16H14N4S. The molecule has 0 atom stereocenters. The molecule has 0 radical (unpaired) electrons. The van der Waals surface area contributed by atoms with E-state index in [0.717, 1.165) is 29.1 Å². The minimum atomic E-state index is 0.751. The lowest BCUT2D eigenvalue weighted by atomic mass is 10.2. The van der Waals surface area contributed by atoms with E-state index in [1.807, 2.05) is 23.7 Å².